The van der Waals surface area contributed by atoms with Crippen molar-refractivity contribution in [2.45, 2.75) is 65.5 Å². The van der Waals surface area contributed by atoms with Crippen LogP contribution in [0.2, 0.25) is 0 Å². The Kier molecular flexibility index (Phi) is 11.9. The van der Waals surface area contributed by atoms with Crippen molar-refractivity contribution in [1.29, 1.82) is 0 Å². The van der Waals surface area contributed by atoms with Gasteiger partial charge in [0, 0.05) is 38.8 Å². The molecule has 38 heavy (non-hydrogen) atoms. The van der Waals surface area contributed by atoms with Crippen LogP contribution < -0.4 is 21.3 Å². The fourth-order valence-corrected chi connectivity index (χ4v) is 4.14. The Morgan fingerprint density at radius 2 is 1.66 bits per heavy atom. The van der Waals surface area contributed by atoms with Gasteiger partial charge in [-0.3, -0.25) is 33.7 Å². The van der Waals surface area contributed by atoms with Crippen molar-refractivity contribution in [1.82, 2.24) is 26.2 Å². The molecule has 4 N–H and O–H groups in total. The molecule has 1 saturated heterocycles. The highest BCUT2D eigenvalue weighted by Gasteiger charge is 2.35. The van der Waals surface area contributed by atoms with Crippen LogP contribution in [0.1, 0.15) is 52.5 Å². The Labute approximate surface area is 223 Å². The van der Waals surface area contributed by atoms with E-state index in [1.807, 2.05) is 44.2 Å². The third-order valence-corrected chi connectivity index (χ3v) is 6.10. The molecule has 208 valence electrons. The maximum Gasteiger partial charge on any atom is 0.243 e. The van der Waals surface area contributed by atoms with Crippen LogP contribution in [0.5, 0.6) is 0 Å². The Bertz CT molecular complexity index is 1010. The van der Waals surface area contributed by atoms with Gasteiger partial charge in [0.2, 0.25) is 35.4 Å². The first-order valence-corrected chi connectivity index (χ1v) is 13.0. The average Bonchev–Trinajstić information content (AvgIpc) is 3.10. The molecule has 3 atom stereocenters. The van der Waals surface area contributed by atoms with Gasteiger partial charge in [-0.1, -0.05) is 51.1 Å². The molecule has 1 heterocycles. The second-order valence-corrected chi connectivity index (χ2v) is 10.0. The number of hydrogen-bond donors (Lipinski definition) is 4. The van der Waals surface area contributed by atoms with Gasteiger partial charge < -0.3 is 21.3 Å². The Hall–Kier alpha value is -3.76. The largest absolute Gasteiger partial charge is 0.354 e. The summed E-state index contributed by atoms with van der Waals surface area (Å²) in [5.41, 5.74) is 0.817. The first kappa shape index (κ1) is 30.5. The lowest BCUT2D eigenvalue weighted by Gasteiger charge is -2.24. The normalized spacial score (nSPS) is 16.7. The fraction of sp³-hybridized carbons (Fsp3) is 0.556. The van der Waals surface area contributed by atoms with Crippen LogP contribution in [0, 0.1) is 11.8 Å². The van der Waals surface area contributed by atoms with Crippen molar-refractivity contribution >= 4 is 35.4 Å². The minimum atomic E-state index is -0.963. The molecule has 1 aliphatic heterocycles. The minimum absolute atomic E-state index is 0.0920. The van der Waals surface area contributed by atoms with E-state index in [2.05, 4.69) is 21.3 Å². The summed E-state index contributed by atoms with van der Waals surface area (Å²) in [6, 6.07) is 7.33. The number of carbonyl (C=O) groups is 6. The summed E-state index contributed by atoms with van der Waals surface area (Å²) in [6.07, 6.45) is 1.17. The van der Waals surface area contributed by atoms with E-state index >= 15 is 0 Å². The molecule has 0 saturated carbocycles. The van der Waals surface area contributed by atoms with Crippen LogP contribution in [-0.4, -0.2) is 72.1 Å². The second-order valence-electron chi connectivity index (χ2n) is 10.0. The summed E-state index contributed by atoms with van der Waals surface area (Å²) in [5.74, 6) is -2.43. The lowest BCUT2D eigenvalue weighted by Crippen LogP contribution is -2.55. The summed E-state index contributed by atoms with van der Waals surface area (Å²) < 4.78 is 0. The number of benzene rings is 1. The summed E-state index contributed by atoms with van der Waals surface area (Å²) in [6.45, 7) is 7.04. The minimum Gasteiger partial charge on any atom is -0.354 e. The standard InChI is InChI=1S/C27H39N5O6/c1-17(2)13-21(25(36)28-11-8-12-32-24(35)14-18(3)27(32)38)31-26(37)22(15-20-9-6-5-7-10-20)30-23(34)16-29-19(4)33/h5-7,9-10,17-18,21-22H,8,11-16H2,1-4H3,(H,28,36)(H,29,33)(H,30,34)(H,31,37)/t18-,21+,22+/m1/s1. The molecular weight excluding hydrogens is 490 g/mol. The third kappa shape index (κ3) is 9.95. The van der Waals surface area contributed by atoms with Gasteiger partial charge in [0.15, 0.2) is 0 Å². The smallest absolute Gasteiger partial charge is 0.243 e. The highest BCUT2D eigenvalue weighted by Crippen LogP contribution is 2.18. The summed E-state index contributed by atoms with van der Waals surface area (Å²) in [4.78, 5) is 75.0. The first-order valence-electron chi connectivity index (χ1n) is 13.0. The monoisotopic (exact) mass is 529 g/mol. The Balaban J connectivity index is 2.00. The molecule has 0 radical (unpaired) electrons. The van der Waals surface area contributed by atoms with Crippen LogP contribution >= 0.6 is 0 Å². The van der Waals surface area contributed by atoms with Crippen LogP contribution in [0.3, 0.4) is 0 Å². The summed E-state index contributed by atoms with van der Waals surface area (Å²) >= 11 is 0. The van der Waals surface area contributed by atoms with Gasteiger partial charge in [-0.25, -0.2) is 0 Å². The molecule has 0 bridgehead atoms. The molecule has 1 aliphatic rings. The van der Waals surface area contributed by atoms with Crippen molar-refractivity contribution in [2.75, 3.05) is 19.6 Å². The number of carbonyl (C=O) groups excluding carboxylic acids is 6. The molecule has 0 aromatic heterocycles. The van der Waals surface area contributed by atoms with E-state index < -0.39 is 23.9 Å². The number of nitrogens with zero attached hydrogens (tertiary/aromatic N) is 1. The van der Waals surface area contributed by atoms with E-state index in [1.54, 1.807) is 6.92 Å². The predicted molar refractivity (Wildman–Crippen MR) is 140 cm³/mol. The number of nitrogens with one attached hydrogen (secondary N) is 4. The number of hydrogen-bond acceptors (Lipinski definition) is 6. The van der Waals surface area contributed by atoms with E-state index in [0.717, 1.165) is 5.56 Å². The van der Waals surface area contributed by atoms with E-state index in [1.165, 1.54) is 11.8 Å². The molecule has 0 aliphatic carbocycles. The quantitative estimate of drug-likeness (QED) is 0.201. The average molecular weight is 530 g/mol. The molecule has 11 heteroatoms. The van der Waals surface area contributed by atoms with Crippen molar-refractivity contribution in [3.63, 3.8) is 0 Å². The van der Waals surface area contributed by atoms with E-state index in [9.17, 15) is 28.8 Å². The Morgan fingerprint density at radius 3 is 2.24 bits per heavy atom. The SMILES string of the molecule is CC(=O)NCC(=O)N[C@@H](Cc1ccccc1)C(=O)N[C@@H](CC(C)C)C(=O)NCCCN1C(=O)C[C@@H](C)C1=O. The number of likely N-dealkylation sites (tertiary alicyclic amines) is 1. The highest BCUT2D eigenvalue weighted by atomic mass is 16.2. The number of amides is 6. The maximum atomic E-state index is 13.2. The third-order valence-electron chi connectivity index (χ3n) is 6.10. The van der Waals surface area contributed by atoms with Crippen molar-refractivity contribution in [3.8, 4) is 0 Å². The van der Waals surface area contributed by atoms with E-state index in [4.69, 9.17) is 0 Å². The lowest BCUT2D eigenvalue weighted by atomic mass is 10.0. The van der Waals surface area contributed by atoms with Gasteiger partial charge in [0.05, 0.1) is 6.54 Å². The molecule has 11 nitrogen and oxygen atoms in total. The predicted octanol–water partition coefficient (Wildman–Crippen LogP) is 0.282. The van der Waals surface area contributed by atoms with Crippen molar-refractivity contribution in [3.05, 3.63) is 35.9 Å². The zero-order valence-electron chi connectivity index (χ0n) is 22.5. The van der Waals surface area contributed by atoms with Gasteiger partial charge in [-0.2, -0.15) is 0 Å². The van der Waals surface area contributed by atoms with E-state index in [0.29, 0.717) is 12.8 Å². The van der Waals surface area contributed by atoms with Gasteiger partial charge in [-0.05, 0) is 24.3 Å². The second kappa shape index (κ2) is 14.8. The zero-order valence-corrected chi connectivity index (χ0v) is 22.5. The molecule has 0 spiro atoms. The molecule has 1 fully saturated rings. The molecule has 6 amide bonds. The van der Waals surface area contributed by atoms with Crippen LogP contribution in [0.15, 0.2) is 30.3 Å². The molecular formula is C27H39N5O6. The number of rotatable bonds is 14. The molecule has 0 unspecified atom stereocenters. The summed E-state index contributed by atoms with van der Waals surface area (Å²) in [5, 5.41) is 10.6. The van der Waals surface area contributed by atoms with Crippen LogP contribution in [-0.2, 0) is 35.2 Å². The molecule has 2 rings (SSSR count). The van der Waals surface area contributed by atoms with Gasteiger partial charge >= 0.3 is 0 Å². The topological polar surface area (TPSA) is 154 Å². The van der Waals surface area contributed by atoms with Crippen molar-refractivity contribution in [2.24, 2.45) is 11.8 Å². The first-order chi connectivity index (χ1) is 18.0. The lowest BCUT2D eigenvalue weighted by molar-refractivity contribution is -0.139. The zero-order chi connectivity index (χ0) is 28.2. The van der Waals surface area contributed by atoms with E-state index in [-0.39, 0.29) is 67.9 Å². The fourth-order valence-electron chi connectivity index (χ4n) is 4.14. The Morgan fingerprint density at radius 1 is 0.974 bits per heavy atom. The van der Waals surface area contributed by atoms with Gasteiger partial charge in [0.1, 0.15) is 12.1 Å². The highest BCUT2D eigenvalue weighted by molar-refractivity contribution is 6.03. The maximum absolute atomic E-state index is 13.2. The van der Waals surface area contributed by atoms with Crippen molar-refractivity contribution < 1.29 is 28.8 Å². The molecule has 1 aromatic rings. The van der Waals surface area contributed by atoms with Gasteiger partial charge in [0.25, 0.3) is 0 Å². The van der Waals surface area contributed by atoms with Gasteiger partial charge in [-0.15, -0.1) is 0 Å². The number of imide groups is 1. The van der Waals surface area contributed by atoms with Crippen LogP contribution in [0.25, 0.3) is 0 Å². The summed E-state index contributed by atoms with van der Waals surface area (Å²) in [7, 11) is 0. The van der Waals surface area contributed by atoms with Crippen LogP contribution in [0.4, 0.5) is 0 Å². The molecule has 1 aromatic carbocycles.